The van der Waals surface area contributed by atoms with Gasteiger partial charge in [-0.05, 0) is 11.6 Å². The quantitative estimate of drug-likeness (QED) is 0.426. The summed E-state index contributed by atoms with van der Waals surface area (Å²) < 4.78 is 0.921. The Balaban J connectivity index is 3.01. The van der Waals surface area contributed by atoms with E-state index in [1.807, 2.05) is 12.1 Å². The van der Waals surface area contributed by atoms with E-state index in [1.165, 1.54) is 0 Å². The Kier molecular flexibility index (Phi) is 2.72. The number of pyridine rings is 1. The second-order valence-electron chi connectivity index (χ2n) is 1.59. The van der Waals surface area contributed by atoms with E-state index >= 15 is 0 Å². The van der Waals surface area contributed by atoms with Gasteiger partial charge in [0.25, 0.3) is 0 Å². The Morgan fingerprint density at radius 2 is 2.44 bits per heavy atom. The highest BCUT2D eigenvalue weighted by molar-refractivity contribution is 14.1. The van der Waals surface area contributed by atoms with Crippen molar-refractivity contribution in [3.63, 3.8) is 0 Å². The minimum Gasteiger partial charge on any atom is -0.244 e. The standard InChI is InChI=1S/C6H5ClIN/c7-6-5(4-8)2-1-3-9-6/h1-3H,4H2. The monoisotopic (exact) mass is 253 g/mol. The van der Waals surface area contributed by atoms with E-state index in [0.717, 1.165) is 9.99 Å². The Morgan fingerprint density at radius 3 is 2.89 bits per heavy atom. The number of aromatic nitrogens is 1. The number of hydrogen-bond donors (Lipinski definition) is 0. The van der Waals surface area contributed by atoms with E-state index in [0.29, 0.717) is 5.15 Å². The topological polar surface area (TPSA) is 12.9 Å². The van der Waals surface area contributed by atoms with Crippen molar-refractivity contribution < 1.29 is 0 Å². The lowest BCUT2D eigenvalue weighted by Gasteiger charge is -1.94. The lowest BCUT2D eigenvalue weighted by atomic mass is 10.3. The van der Waals surface area contributed by atoms with Gasteiger partial charge in [0.1, 0.15) is 5.15 Å². The van der Waals surface area contributed by atoms with Crippen LogP contribution in [0.1, 0.15) is 5.56 Å². The van der Waals surface area contributed by atoms with E-state index < -0.39 is 0 Å². The third-order valence-corrected chi connectivity index (χ3v) is 2.14. The first-order valence-electron chi connectivity index (χ1n) is 2.50. The van der Waals surface area contributed by atoms with Gasteiger partial charge in [-0.15, -0.1) is 0 Å². The summed E-state index contributed by atoms with van der Waals surface area (Å²) in [6.45, 7) is 0. The number of rotatable bonds is 1. The molecule has 0 saturated heterocycles. The van der Waals surface area contributed by atoms with Crippen LogP contribution in [0, 0.1) is 0 Å². The normalized spacial score (nSPS) is 9.56. The van der Waals surface area contributed by atoms with Crippen LogP contribution in [0.5, 0.6) is 0 Å². The first-order chi connectivity index (χ1) is 4.34. The van der Waals surface area contributed by atoms with Crippen molar-refractivity contribution in [2.75, 3.05) is 0 Å². The summed E-state index contributed by atoms with van der Waals surface area (Å²) in [5, 5.41) is 0.618. The van der Waals surface area contributed by atoms with Gasteiger partial charge in [-0.1, -0.05) is 40.3 Å². The molecule has 0 atom stereocenters. The number of halogens is 2. The molecular weight excluding hydrogens is 248 g/mol. The number of alkyl halides is 1. The molecule has 9 heavy (non-hydrogen) atoms. The highest BCUT2D eigenvalue weighted by atomic mass is 127. The average molecular weight is 253 g/mol. The van der Waals surface area contributed by atoms with Crippen LogP contribution < -0.4 is 0 Å². The molecule has 1 aromatic heterocycles. The van der Waals surface area contributed by atoms with Crippen molar-refractivity contribution in [2.45, 2.75) is 4.43 Å². The third-order valence-electron chi connectivity index (χ3n) is 0.980. The van der Waals surface area contributed by atoms with Gasteiger partial charge in [0.15, 0.2) is 0 Å². The van der Waals surface area contributed by atoms with E-state index in [9.17, 15) is 0 Å². The SMILES string of the molecule is Clc1ncccc1CI. The maximum Gasteiger partial charge on any atom is 0.132 e. The average Bonchev–Trinajstić information content (AvgIpc) is 1.89. The van der Waals surface area contributed by atoms with Crippen LogP contribution in [0.25, 0.3) is 0 Å². The molecule has 0 saturated carbocycles. The summed E-state index contributed by atoms with van der Waals surface area (Å²) in [5.41, 5.74) is 1.10. The molecule has 0 bridgehead atoms. The third kappa shape index (κ3) is 1.79. The zero-order valence-electron chi connectivity index (χ0n) is 4.64. The van der Waals surface area contributed by atoms with Gasteiger partial charge in [-0.2, -0.15) is 0 Å². The van der Waals surface area contributed by atoms with Crippen LogP contribution >= 0.6 is 34.2 Å². The van der Waals surface area contributed by atoms with Crippen molar-refractivity contribution in [3.8, 4) is 0 Å². The number of hydrogen-bond acceptors (Lipinski definition) is 1. The van der Waals surface area contributed by atoms with Gasteiger partial charge >= 0.3 is 0 Å². The van der Waals surface area contributed by atoms with Gasteiger partial charge in [0.05, 0.1) is 0 Å². The summed E-state index contributed by atoms with van der Waals surface area (Å²) >= 11 is 7.96. The van der Waals surface area contributed by atoms with Crippen molar-refractivity contribution in [1.82, 2.24) is 4.98 Å². The predicted octanol–water partition coefficient (Wildman–Crippen LogP) is 2.67. The van der Waals surface area contributed by atoms with Gasteiger partial charge in [0, 0.05) is 10.6 Å². The molecule has 1 aromatic rings. The number of nitrogens with zero attached hydrogens (tertiary/aromatic N) is 1. The van der Waals surface area contributed by atoms with Gasteiger partial charge < -0.3 is 0 Å². The molecule has 3 heteroatoms. The molecule has 0 N–H and O–H groups in total. The first-order valence-corrected chi connectivity index (χ1v) is 4.40. The van der Waals surface area contributed by atoms with Crippen molar-refractivity contribution in [1.29, 1.82) is 0 Å². The molecule has 0 amide bonds. The van der Waals surface area contributed by atoms with Crippen LogP contribution in [0.3, 0.4) is 0 Å². The molecule has 1 heterocycles. The molecule has 0 aliphatic heterocycles. The molecule has 0 aliphatic rings. The molecule has 0 fully saturated rings. The van der Waals surface area contributed by atoms with Crippen molar-refractivity contribution in [2.24, 2.45) is 0 Å². The maximum atomic E-state index is 5.71. The van der Waals surface area contributed by atoms with E-state index in [4.69, 9.17) is 11.6 Å². The summed E-state index contributed by atoms with van der Waals surface area (Å²) in [5.74, 6) is 0. The Bertz CT molecular complexity index is 202. The fraction of sp³-hybridized carbons (Fsp3) is 0.167. The van der Waals surface area contributed by atoms with Gasteiger partial charge in [0.2, 0.25) is 0 Å². The Hall–Kier alpha value is 0.170. The lowest BCUT2D eigenvalue weighted by Crippen LogP contribution is -1.80. The zero-order chi connectivity index (χ0) is 6.69. The van der Waals surface area contributed by atoms with Crippen LogP contribution in [0.15, 0.2) is 18.3 Å². The molecular formula is C6H5ClIN. The van der Waals surface area contributed by atoms with Gasteiger partial charge in [-0.3, -0.25) is 0 Å². The highest BCUT2D eigenvalue weighted by Crippen LogP contribution is 2.14. The minimum atomic E-state index is 0.618. The van der Waals surface area contributed by atoms with Crippen LogP contribution in [-0.2, 0) is 4.43 Å². The molecule has 0 radical (unpaired) electrons. The Labute approximate surface area is 72.6 Å². The van der Waals surface area contributed by atoms with Crippen LogP contribution in [-0.4, -0.2) is 4.98 Å². The van der Waals surface area contributed by atoms with Gasteiger partial charge in [-0.25, -0.2) is 4.98 Å². The Morgan fingerprint density at radius 1 is 1.67 bits per heavy atom. The van der Waals surface area contributed by atoms with Crippen LogP contribution in [0.2, 0.25) is 5.15 Å². The summed E-state index contributed by atoms with van der Waals surface area (Å²) in [7, 11) is 0. The minimum absolute atomic E-state index is 0.618. The first kappa shape index (κ1) is 7.28. The molecule has 1 rings (SSSR count). The zero-order valence-corrected chi connectivity index (χ0v) is 7.56. The smallest absolute Gasteiger partial charge is 0.132 e. The molecule has 0 aliphatic carbocycles. The second-order valence-corrected chi connectivity index (χ2v) is 2.71. The van der Waals surface area contributed by atoms with Crippen molar-refractivity contribution >= 4 is 34.2 Å². The highest BCUT2D eigenvalue weighted by Gasteiger charge is 1.94. The van der Waals surface area contributed by atoms with Crippen LogP contribution in [0.4, 0.5) is 0 Å². The maximum absolute atomic E-state index is 5.71. The summed E-state index contributed by atoms with van der Waals surface area (Å²) in [6, 6.07) is 3.86. The second kappa shape index (κ2) is 3.37. The molecule has 0 aromatic carbocycles. The van der Waals surface area contributed by atoms with Crippen molar-refractivity contribution in [3.05, 3.63) is 29.0 Å². The fourth-order valence-electron chi connectivity index (χ4n) is 0.519. The predicted molar refractivity (Wildman–Crippen MR) is 47.0 cm³/mol. The largest absolute Gasteiger partial charge is 0.244 e. The fourth-order valence-corrected chi connectivity index (χ4v) is 1.55. The summed E-state index contributed by atoms with van der Waals surface area (Å²) in [4.78, 5) is 3.91. The lowest BCUT2D eigenvalue weighted by molar-refractivity contribution is 1.26. The molecule has 48 valence electrons. The van der Waals surface area contributed by atoms with E-state index in [2.05, 4.69) is 27.6 Å². The van der Waals surface area contributed by atoms with E-state index in [-0.39, 0.29) is 0 Å². The van der Waals surface area contributed by atoms with E-state index in [1.54, 1.807) is 6.20 Å². The molecule has 0 unspecified atom stereocenters. The molecule has 0 spiro atoms. The summed E-state index contributed by atoms with van der Waals surface area (Å²) in [6.07, 6.45) is 1.69. The molecule has 1 nitrogen and oxygen atoms in total.